The quantitative estimate of drug-likeness (QED) is 0.244. The summed E-state index contributed by atoms with van der Waals surface area (Å²) in [4.78, 5) is 42.7. The van der Waals surface area contributed by atoms with Gasteiger partial charge in [-0.05, 0) is 25.1 Å². The van der Waals surface area contributed by atoms with Crippen molar-refractivity contribution in [2.24, 2.45) is 0 Å². The summed E-state index contributed by atoms with van der Waals surface area (Å²) >= 11 is 9.85. The molecule has 1 amide bonds. The maximum Gasteiger partial charge on any atom is 0.340 e. The first kappa shape index (κ1) is 23.2. The van der Waals surface area contributed by atoms with E-state index in [9.17, 15) is 19.7 Å². The van der Waals surface area contributed by atoms with E-state index in [-0.39, 0.29) is 11.3 Å². The third kappa shape index (κ3) is 6.26. The van der Waals surface area contributed by atoms with Crippen molar-refractivity contribution in [2.45, 2.75) is 22.7 Å². The van der Waals surface area contributed by atoms with Crippen LogP contribution in [0.15, 0.2) is 44.9 Å². The second-order valence-electron chi connectivity index (χ2n) is 6.33. The Morgan fingerprint density at radius 2 is 2.10 bits per heavy atom. The van der Waals surface area contributed by atoms with Crippen LogP contribution in [-0.4, -0.2) is 40.3 Å². The van der Waals surface area contributed by atoms with E-state index in [1.54, 1.807) is 13.1 Å². The Kier molecular flexibility index (Phi) is 7.65. The first-order chi connectivity index (χ1) is 14.7. The highest BCUT2D eigenvalue weighted by molar-refractivity contribution is 8.01. The average Bonchev–Trinajstić information content (AvgIpc) is 3.33. The van der Waals surface area contributed by atoms with Gasteiger partial charge in [-0.2, -0.15) is 0 Å². The van der Waals surface area contributed by atoms with Gasteiger partial charge < -0.3 is 9.64 Å². The Morgan fingerprint density at radius 1 is 1.32 bits per heavy atom. The number of aryl methyl sites for hydroxylation is 1. The zero-order valence-electron chi connectivity index (χ0n) is 16.4. The van der Waals surface area contributed by atoms with E-state index in [0.29, 0.717) is 20.1 Å². The van der Waals surface area contributed by atoms with E-state index < -0.39 is 23.4 Å². The number of hydrogen-bond acceptors (Lipinski definition) is 9. The Bertz CT molecular complexity index is 1130. The number of likely N-dealkylation sites (N-methyl/N-ethyl adjacent to an activating group) is 1. The Balaban J connectivity index is 1.70. The normalized spacial score (nSPS) is 10.7. The first-order valence-corrected chi connectivity index (χ1v) is 11.7. The van der Waals surface area contributed by atoms with Crippen LogP contribution < -0.4 is 0 Å². The smallest absolute Gasteiger partial charge is 0.340 e. The molecule has 0 aliphatic carbocycles. The van der Waals surface area contributed by atoms with Crippen LogP contribution in [0.2, 0.25) is 4.34 Å². The van der Waals surface area contributed by atoms with Crippen molar-refractivity contribution >= 4 is 63.6 Å². The number of thiophene rings is 1. The fourth-order valence-corrected chi connectivity index (χ4v) is 5.46. The van der Waals surface area contributed by atoms with Crippen molar-refractivity contribution in [3.05, 3.63) is 66.3 Å². The predicted octanol–water partition coefficient (Wildman–Crippen LogP) is 5.04. The molecule has 31 heavy (non-hydrogen) atoms. The number of benzene rings is 1. The second kappa shape index (κ2) is 10.2. The lowest BCUT2D eigenvalue weighted by atomic mass is 10.2. The summed E-state index contributed by atoms with van der Waals surface area (Å²) in [6.45, 7) is 1.69. The van der Waals surface area contributed by atoms with Crippen LogP contribution >= 0.6 is 46.0 Å². The highest BCUT2D eigenvalue weighted by Gasteiger charge is 2.21. The van der Waals surface area contributed by atoms with Crippen LogP contribution in [0, 0.1) is 17.0 Å². The molecule has 0 spiro atoms. The van der Waals surface area contributed by atoms with Gasteiger partial charge in [-0.15, -0.1) is 22.7 Å². The molecule has 0 bridgehead atoms. The molecular formula is C19H16ClN3O5S3. The minimum Gasteiger partial charge on any atom is -0.452 e. The molecule has 12 heteroatoms. The standard InChI is InChI=1S/C19H16ClN3O5S3/c1-11-10-29-19(21-11)31-15-5-3-12(23(26)27)7-14(15)18(25)28-9-17(24)22(2)8-13-4-6-16(20)30-13/h3-7,10H,8-9H2,1-2H3. The van der Waals surface area contributed by atoms with Crippen molar-refractivity contribution in [2.75, 3.05) is 13.7 Å². The maximum atomic E-state index is 12.7. The van der Waals surface area contributed by atoms with Gasteiger partial charge in [-0.25, -0.2) is 9.78 Å². The number of amides is 1. The fraction of sp³-hybridized carbons (Fsp3) is 0.211. The molecule has 0 N–H and O–H groups in total. The molecule has 3 aromatic rings. The van der Waals surface area contributed by atoms with Crippen molar-refractivity contribution < 1.29 is 19.2 Å². The van der Waals surface area contributed by atoms with Crippen LogP contribution in [0.4, 0.5) is 5.69 Å². The minimum absolute atomic E-state index is 0.00699. The summed E-state index contributed by atoms with van der Waals surface area (Å²) in [5.74, 6) is -1.23. The largest absolute Gasteiger partial charge is 0.452 e. The predicted molar refractivity (Wildman–Crippen MR) is 120 cm³/mol. The number of nitro benzene ring substituents is 1. The van der Waals surface area contributed by atoms with Crippen LogP contribution in [0.1, 0.15) is 20.9 Å². The number of thiazole rings is 1. The van der Waals surface area contributed by atoms with Gasteiger partial charge in [-0.3, -0.25) is 14.9 Å². The van der Waals surface area contributed by atoms with Gasteiger partial charge in [0.25, 0.3) is 11.6 Å². The topological polar surface area (TPSA) is 103 Å². The Morgan fingerprint density at radius 3 is 2.71 bits per heavy atom. The number of carbonyl (C=O) groups is 2. The minimum atomic E-state index is -0.819. The molecule has 3 rings (SSSR count). The summed E-state index contributed by atoms with van der Waals surface area (Å²) in [7, 11) is 1.59. The molecule has 8 nitrogen and oxygen atoms in total. The zero-order valence-corrected chi connectivity index (χ0v) is 19.6. The fourth-order valence-electron chi connectivity index (χ4n) is 2.43. The van der Waals surface area contributed by atoms with Gasteiger partial charge in [-0.1, -0.05) is 23.4 Å². The summed E-state index contributed by atoms with van der Waals surface area (Å²) < 4.78 is 6.47. The summed E-state index contributed by atoms with van der Waals surface area (Å²) in [6, 6.07) is 7.49. The maximum absolute atomic E-state index is 12.7. The lowest BCUT2D eigenvalue weighted by Gasteiger charge is -2.16. The number of ether oxygens (including phenoxy) is 1. The van der Waals surface area contributed by atoms with Crippen LogP contribution in [0.25, 0.3) is 0 Å². The third-order valence-electron chi connectivity index (χ3n) is 3.96. The van der Waals surface area contributed by atoms with Crippen molar-refractivity contribution in [1.29, 1.82) is 0 Å². The Labute approximate surface area is 195 Å². The van der Waals surface area contributed by atoms with Gasteiger partial charge in [0.1, 0.15) is 0 Å². The molecule has 0 saturated heterocycles. The summed E-state index contributed by atoms with van der Waals surface area (Å²) in [6.07, 6.45) is 0. The molecule has 0 aliphatic heterocycles. The number of nitro groups is 1. The lowest BCUT2D eigenvalue weighted by Crippen LogP contribution is -2.30. The highest BCUT2D eigenvalue weighted by atomic mass is 35.5. The molecular weight excluding hydrogens is 482 g/mol. The second-order valence-corrected chi connectivity index (χ2v) is 10.3. The SMILES string of the molecule is Cc1csc(Sc2ccc([N+](=O)[O-])cc2C(=O)OCC(=O)N(C)Cc2ccc(Cl)s2)n1. The van der Waals surface area contributed by atoms with Gasteiger partial charge in [0.2, 0.25) is 0 Å². The van der Waals surface area contributed by atoms with Gasteiger partial charge in [0.05, 0.1) is 21.4 Å². The van der Waals surface area contributed by atoms with Crippen LogP contribution in [0.3, 0.4) is 0 Å². The van der Waals surface area contributed by atoms with Gasteiger partial charge in [0.15, 0.2) is 10.9 Å². The summed E-state index contributed by atoms with van der Waals surface area (Å²) in [5.41, 5.74) is 0.594. The third-order valence-corrected chi connectivity index (χ3v) is 7.31. The number of nitrogens with zero attached hydrogens (tertiary/aromatic N) is 3. The number of aromatic nitrogens is 1. The average molecular weight is 498 g/mol. The molecule has 0 radical (unpaired) electrons. The molecule has 2 aromatic heterocycles. The van der Waals surface area contributed by atoms with E-state index >= 15 is 0 Å². The van der Waals surface area contributed by atoms with E-state index in [4.69, 9.17) is 16.3 Å². The number of hydrogen-bond donors (Lipinski definition) is 0. The monoisotopic (exact) mass is 497 g/mol. The molecule has 0 atom stereocenters. The number of carbonyl (C=O) groups excluding carboxylic acids is 2. The van der Waals surface area contributed by atoms with Crippen molar-refractivity contribution in [3.63, 3.8) is 0 Å². The molecule has 0 saturated carbocycles. The molecule has 2 heterocycles. The van der Waals surface area contributed by atoms with Crippen molar-refractivity contribution in [1.82, 2.24) is 9.88 Å². The van der Waals surface area contributed by atoms with Gasteiger partial charge >= 0.3 is 5.97 Å². The van der Waals surface area contributed by atoms with Gasteiger partial charge in [0, 0.05) is 40.0 Å². The zero-order chi connectivity index (χ0) is 22.5. The van der Waals surface area contributed by atoms with E-state index in [2.05, 4.69) is 4.98 Å². The molecule has 1 aromatic carbocycles. The molecule has 0 fully saturated rings. The van der Waals surface area contributed by atoms with Crippen LogP contribution in [-0.2, 0) is 16.1 Å². The summed E-state index contributed by atoms with van der Waals surface area (Å²) in [5, 5.41) is 13.0. The number of rotatable bonds is 8. The van der Waals surface area contributed by atoms with E-state index in [1.807, 2.05) is 18.4 Å². The highest BCUT2D eigenvalue weighted by Crippen LogP contribution is 2.34. The Hall–Kier alpha value is -2.47. The molecule has 0 aliphatic rings. The number of non-ortho nitro benzene ring substituents is 1. The molecule has 0 unspecified atom stereocenters. The van der Waals surface area contributed by atoms with E-state index in [0.717, 1.165) is 16.6 Å². The lowest BCUT2D eigenvalue weighted by molar-refractivity contribution is -0.384. The number of esters is 1. The van der Waals surface area contributed by atoms with E-state index in [1.165, 1.54) is 51.5 Å². The first-order valence-electron chi connectivity index (χ1n) is 8.76. The molecule has 162 valence electrons. The number of halogens is 1. The van der Waals surface area contributed by atoms with Crippen LogP contribution in [0.5, 0.6) is 0 Å². The van der Waals surface area contributed by atoms with Crippen molar-refractivity contribution in [3.8, 4) is 0 Å².